The van der Waals surface area contributed by atoms with E-state index in [-0.39, 0.29) is 47.1 Å². The molecule has 0 bridgehead atoms. The quantitative estimate of drug-likeness (QED) is 0.138. The number of allylic oxidation sites excluding steroid dienone is 1. The second kappa shape index (κ2) is 15.5. The van der Waals surface area contributed by atoms with Crippen LogP contribution in [-0.2, 0) is 25.5 Å². The topological polar surface area (TPSA) is 126 Å². The molecule has 3 aromatic rings. The molecular formula is C35H40MgN4O5-2. The fourth-order valence-electron chi connectivity index (χ4n) is 5.73. The Morgan fingerprint density at radius 2 is 1.62 bits per heavy atom. The Morgan fingerprint density at radius 3 is 2.27 bits per heavy atom. The van der Waals surface area contributed by atoms with Crippen molar-refractivity contribution in [1.29, 1.82) is 0 Å². The molecule has 10 heteroatoms. The molecule has 234 valence electrons. The third kappa shape index (κ3) is 7.73. The molecule has 0 radical (unpaired) electrons. The molecule has 0 aromatic carbocycles. The molecule has 2 atom stereocenters. The zero-order valence-corrected chi connectivity index (χ0v) is 28.7. The van der Waals surface area contributed by atoms with Gasteiger partial charge in [0.15, 0.2) is 5.78 Å². The van der Waals surface area contributed by atoms with Crippen LogP contribution in [0, 0.1) is 32.6 Å². The Balaban J connectivity index is 0.00000552. The minimum absolute atomic E-state index is 0. The van der Waals surface area contributed by atoms with E-state index in [4.69, 9.17) is 20.0 Å². The first kappa shape index (κ1) is 35.7. The second-order valence-corrected chi connectivity index (χ2v) is 11.2. The summed E-state index contributed by atoms with van der Waals surface area (Å²) in [6.45, 7) is 14.9. The Kier molecular flexibility index (Phi) is 12.3. The van der Waals surface area contributed by atoms with Crippen LogP contribution < -0.4 is 25.7 Å². The molecule has 4 rings (SSSR count). The van der Waals surface area contributed by atoms with Gasteiger partial charge < -0.3 is 29.7 Å². The molecule has 1 aliphatic rings. The average Bonchev–Trinajstić information content (AvgIpc) is 3.72. The van der Waals surface area contributed by atoms with Gasteiger partial charge in [-0.05, 0) is 50.7 Å². The van der Waals surface area contributed by atoms with Crippen molar-refractivity contribution in [1.82, 2.24) is 15.0 Å². The largest absolute Gasteiger partial charge is 2.00 e. The number of Topliss-reactive ketones (excluding diaryl/α,β-unsaturated/α-hetero) is 1. The van der Waals surface area contributed by atoms with Gasteiger partial charge in [0.25, 0.3) is 0 Å². The standard InChI is InChI=1S/C35H41N4O5.Mg/c1-9-24-21(5)30(39-31(24)14-28-22(6)26(18-37-28)33(40)16-35(42)44-8)15-32-25(10-2)20(4)29(38-32)13-27-19(3)23(17-36-27)11-12-34(41)43-7;/h10,13-15,18-19,23H,2,9,11-12,16-17H2,1,3-8H3,(H,37,40);/q-3;+2/p-1/b27-13-,30-15-,31-14-;/t19-,23+;/m0./s1. The van der Waals surface area contributed by atoms with Crippen LogP contribution in [0.2, 0.25) is 0 Å². The Labute approximate surface area is 280 Å². The number of methoxy groups -OCH3 is 2. The van der Waals surface area contributed by atoms with Gasteiger partial charge in [0, 0.05) is 6.42 Å². The maximum absolute atomic E-state index is 12.6. The van der Waals surface area contributed by atoms with Crippen LogP contribution in [-0.4, -0.2) is 61.5 Å². The summed E-state index contributed by atoms with van der Waals surface area (Å²) in [4.78, 5) is 50.2. The maximum Gasteiger partial charge on any atom is 2.00 e. The number of nitrogens with zero attached hydrogens (tertiary/aromatic N) is 4. The minimum atomic E-state index is -0.579. The normalized spacial score (nSPS) is 17.7. The molecule has 4 heterocycles. The van der Waals surface area contributed by atoms with Crippen LogP contribution in [0.15, 0.2) is 18.5 Å². The Bertz CT molecular complexity index is 1740. The van der Waals surface area contributed by atoms with Crippen LogP contribution in [0.3, 0.4) is 0 Å². The molecule has 0 spiro atoms. The van der Waals surface area contributed by atoms with Crippen molar-refractivity contribution in [3.63, 3.8) is 0 Å². The number of rotatable bonds is 11. The second-order valence-electron chi connectivity index (χ2n) is 11.2. The average molecular weight is 621 g/mol. The van der Waals surface area contributed by atoms with E-state index < -0.39 is 5.97 Å². The van der Waals surface area contributed by atoms with Gasteiger partial charge in [-0.2, -0.15) is 11.9 Å². The molecule has 9 nitrogen and oxygen atoms in total. The summed E-state index contributed by atoms with van der Waals surface area (Å²) in [5.74, 6) is -0.594. The third-order valence-electron chi connectivity index (χ3n) is 8.66. The summed E-state index contributed by atoms with van der Waals surface area (Å²) in [6.07, 6.45) is 10.8. The number of hydrogen-bond donors (Lipinski definition) is 0. The van der Waals surface area contributed by atoms with E-state index in [9.17, 15) is 14.4 Å². The molecule has 1 saturated heterocycles. The number of aromatic nitrogens is 3. The number of esters is 2. The van der Waals surface area contributed by atoms with Gasteiger partial charge in [-0.15, -0.1) is 34.3 Å². The van der Waals surface area contributed by atoms with Crippen molar-refractivity contribution in [3.05, 3.63) is 85.0 Å². The first-order chi connectivity index (χ1) is 21.0. The summed E-state index contributed by atoms with van der Waals surface area (Å²) in [5, 5.41) is 6.36. The SMILES string of the molecule is C=Cc1c(/C=c2\[n-]/c(=C\c3[n-]cc(C(=O)CC(=O)OC)c3C)c(CC)c2C)[n-]c(/C=C2\[N-]C[C@@H](CCC(=O)OC)[C@@H]2C)c1C.[Mg+2]. The van der Waals surface area contributed by atoms with Crippen LogP contribution in [0.5, 0.6) is 0 Å². The van der Waals surface area contributed by atoms with Gasteiger partial charge in [0.05, 0.1) is 14.2 Å². The predicted octanol–water partition coefficient (Wildman–Crippen LogP) is 3.65. The Hall–Kier alpha value is -3.76. The van der Waals surface area contributed by atoms with Crippen molar-refractivity contribution < 1.29 is 23.9 Å². The molecule has 0 aliphatic carbocycles. The summed E-state index contributed by atoms with van der Waals surface area (Å²) < 4.78 is 9.43. The summed E-state index contributed by atoms with van der Waals surface area (Å²) >= 11 is 0. The van der Waals surface area contributed by atoms with E-state index >= 15 is 0 Å². The van der Waals surface area contributed by atoms with Gasteiger partial charge in [-0.25, -0.2) is 0 Å². The van der Waals surface area contributed by atoms with Gasteiger partial charge in [-0.1, -0.05) is 72.9 Å². The molecule has 3 aromatic heterocycles. The summed E-state index contributed by atoms with van der Waals surface area (Å²) in [6, 6.07) is 0. The van der Waals surface area contributed by atoms with E-state index in [1.807, 2.05) is 45.1 Å². The van der Waals surface area contributed by atoms with Gasteiger partial charge >= 0.3 is 35.0 Å². The molecule has 0 N–H and O–H groups in total. The van der Waals surface area contributed by atoms with E-state index in [2.05, 4.69) is 30.1 Å². The smallest absolute Gasteiger partial charge is 0.687 e. The van der Waals surface area contributed by atoms with Crippen molar-refractivity contribution in [2.75, 3.05) is 20.8 Å². The minimum Gasteiger partial charge on any atom is -0.687 e. The number of ether oxygens (including phenoxy) is 2. The van der Waals surface area contributed by atoms with E-state index in [0.29, 0.717) is 35.7 Å². The third-order valence-corrected chi connectivity index (χ3v) is 8.66. The van der Waals surface area contributed by atoms with E-state index in [1.54, 1.807) is 0 Å². The molecule has 1 aliphatic heterocycles. The zero-order valence-electron chi connectivity index (χ0n) is 27.3. The fourth-order valence-corrected chi connectivity index (χ4v) is 5.73. The molecule has 45 heavy (non-hydrogen) atoms. The van der Waals surface area contributed by atoms with Crippen LogP contribution >= 0.6 is 0 Å². The summed E-state index contributed by atoms with van der Waals surface area (Å²) in [5.41, 5.74) is 8.45. The molecule has 0 amide bonds. The molecule has 0 saturated carbocycles. The fraction of sp³-hybridized carbons (Fsp3) is 0.400. The summed E-state index contributed by atoms with van der Waals surface area (Å²) in [7, 11) is 2.67. The Morgan fingerprint density at radius 1 is 0.933 bits per heavy atom. The van der Waals surface area contributed by atoms with Crippen LogP contribution in [0.4, 0.5) is 0 Å². The number of carbonyl (C=O) groups is 3. The van der Waals surface area contributed by atoms with Gasteiger partial charge in [0.2, 0.25) is 0 Å². The molecule has 0 unspecified atom stereocenters. The number of hydrogen-bond acceptors (Lipinski definition) is 5. The van der Waals surface area contributed by atoms with Crippen molar-refractivity contribution >= 4 is 65.1 Å². The maximum atomic E-state index is 12.6. The first-order valence-corrected chi connectivity index (χ1v) is 14.9. The molecule has 1 fully saturated rings. The van der Waals surface area contributed by atoms with Crippen molar-refractivity contribution in [2.45, 2.75) is 60.3 Å². The van der Waals surface area contributed by atoms with Crippen LogP contribution in [0.25, 0.3) is 29.6 Å². The van der Waals surface area contributed by atoms with Gasteiger partial charge in [0.1, 0.15) is 6.42 Å². The van der Waals surface area contributed by atoms with Crippen LogP contribution in [0.1, 0.15) is 88.4 Å². The first-order valence-electron chi connectivity index (χ1n) is 14.9. The monoisotopic (exact) mass is 620 g/mol. The van der Waals surface area contributed by atoms with Crippen molar-refractivity contribution in [2.24, 2.45) is 11.8 Å². The number of carbonyl (C=O) groups excluding carboxylic acids is 3. The van der Waals surface area contributed by atoms with E-state index in [1.165, 1.54) is 20.4 Å². The predicted molar refractivity (Wildman–Crippen MR) is 176 cm³/mol. The zero-order chi connectivity index (χ0) is 32.1. The van der Waals surface area contributed by atoms with E-state index in [0.717, 1.165) is 62.9 Å². The number of ketones is 1. The van der Waals surface area contributed by atoms with Gasteiger partial charge in [-0.3, -0.25) is 14.4 Å². The molecular weight excluding hydrogens is 581 g/mol. The van der Waals surface area contributed by atoms with Crippen molar-refractivity contribution in [3.8, 4) is 0 Å².